The van der Waals surface area contributed by atoms with Crippen molar-refractivity contribution in [3.63, 3.8) is 0 Å². The summed E-state index contributed by atoms with van der Waals surface area (Å²) in [5, 5.41) is 2.62. The van der Waals surface area contributed by atoms with Crippen LogP contribution in [0, 0.1) is 17.7 Å². The van der Waals surface area contributed by atoms with Crippen LogP contribution in [0.4, 0.5) is 4.39 Å². The summed E-state index contributed by atoms with van der Waals surface area (Å²) in [5.74, 6) is 4.76. The van der Waals surface area contributed by atoms with Crippen LogP contribution in [0.25, 0.3) is 0 Å². The lowest BCUT2D eigenvalue weighted by molar-refractivity contribution is 0.0962. The van der Waals surface area contributed by atoms with Crippen LogP contribution in [0.1, 0.15) is 15.2 Å². The average molecular weight is 294 g/mol. The highest BCUT2D eigenvalue weighted by atomic mass is 35.5. The first-order valence-electron chi connectivity index (χ1n) is 5.44. The first kappa shape index (κ1) is 13.6. The highest BCUT2D eigenvalue weighted by molar-refractivity contribution is 7.17. The van der Waals surface area contributed by atoms with Crippen LogP contribution in [0.3, 0.4) is 0 Å². The van der Waals surface area contributed by atoms with E-state index in [4.69, 9.17) is 11.6 Å². The number of amides is 1. The summed E-state index contributed by atoms with van der Waals surface area (Å²) in [5.41, 5.74) is 0.316. The molecule has 5 heteroatoms. The minimum Gasteiger partial charge on any atom is -0.340 e. The van der Waals surface area contributed by atoms with Gasteiger partial charge < -0.3 is 5.32 Å². The van der Waals surface area contributed by atoms with Crippen molar-refractivity contribution in [3.8, 4) is 11.8 Å². The summed E-state index contributed by atoms with van der Waals surface area (Å²) in [6.45, 7) is 0.155. The Morgan fingerprint density at radius 1 is 1.32 bits per heavy atom. The monoisotopic (exact) mass is 293 g/mol. The Kier molecular flexibility index (Phi) is 4.56. The van der Waals surface area contributed by atoms with Crippen LogP contribution in [0.2, 0.25) is 4.34 Å². The summed E-state index contributed by atoms with van der Waals surface area (Å²) < 4.78 is 13.8. The number of benzene rings is 1. The number of carbonyl (C=O) groups is 1. The van der Waals surface area contributed by atoms with Crippen LogP contribution in [0.15, 0.2) is 36.4 Å². The van der Waals surface area contributed by atoms with Gasteiger partial charge >= 0.3 is 0 Å². The third-order valence-corrected chi connectivity index (χ3v) is 3.46. The Morgan fingerprint density at radius 3 is 2.79 bits per heavy atom. The summed E-state index contributed by atoms with van der Waals surface area (Å²) in [7, 11) is 0. The number of hydrogen-bond acceptors (Lipinski definition) is 2. The molecule has 0 bridgehead atoms. The molecule has 1 amide bonds. The van der Waals surface area contributed by atoms with E-state index in [9.17, 15) is 9.18 Å². The molecule has 0 saturated carbocycles. The molecule has 1 aromatic heterocycles. The van der Waals surface area contributed by atoms with Gasteiger partial charge in [0.15, 0.2) is 0 Å². The van der Waals surface area contributed by atoms with Gasteiger partial charge in [0.1, 0.15) is 5.82 Å². The van der Waals surface area contributed by atoms with E-state index in [-0.39, 0.29) is 18.3 Å². The fraction of sp³-hybridized carbons (Fsp3) is 0.0714. The highest BCUT2D eigenvalue weighted by Gasteiger charge is 2.06. The fourth-order valence-corrected chi connectivity index (χ4v) is 2.31. The van der Waals surface area contributed by atoms with E-state index in [0.717, 1.165) is 0 Å². The smallest absolute Gasteiger partial charge is 0.262 e. The van der Waals surface area contributed by atoms with Crippen molar-refractivity contribution >= 4 is 28.8 Å². The van der Waals surface area contributed by atoms with Crippen molar-refractivity contribution in [1.29, 1.82) is 0 Å². The van der Waals surface area contributed by atoms with Gasteiger partial charge in [-0.15, -0.1) is 11.3 Å². The van der Waals surface area contributed by atoms with Gasteiger partial charge in [-0.3, -0.25) is 4.79 Å². The molecule has 0 fully saturated rings. The molecule has 0 unspecified atom stereocenters. The van der Waals surface area contributed by atoms with E-state index in [1.165, 1.54) is 17.4 Å². The van der Waals surface area contributed by atoms with E-state index in [2.05, 4.69) is 17.2 Å². The third kappa shape index (κ3) is 3.82. The number of rotatable bonds is 2. The number of carbonyl (C=O) groups excluding carboxylic acids is 1. The summed E-state index contributed by atoms with van der Waals surface area (Å²) >= 11 is 6.93. The first-order chi connectivity index (χ1) is 9.16. The normalized spacial score (nSPS) is 9.58. The Morgan fingerprint density at radius 2 is 2.11 bits per heavy atom. The predicted molar refractivity (Wildman–Crippen MR) is 74.9 cm³/mol. The van der Waals surface area contributed by atoms with Gasteiger partial charge in [0.25, 0.3) is 5.91 Å². The minimum atomic E-state index is -0.369. The van der Waals surface area contributed by atoms with Crippen molar-refractivity contribution in [2.24, 2.45) is 0 Å². The van der Waals surface area contributed by atoms with Crippen LogP contribution < -0.4 is 5.32 Å². The molecule has 2 nitrogen and oxygen atoms in total. The standard InChI is InChI=1S/C14H9ClFNOS/c15-13-8-7-12(19-13)14(18)17-9-3-5-10-4-1-2-6-11(10)16/h1-2,4,6-8H,9H2,(H,17,18). The van der Waals surface area contributed by atoms with Gasteiger partial charge in [0, 0.05) is 0 Å². The Labute approximate surface area is 119 Å². The van der Waals surface area contributed by atoms with Crippen molar-refractivity contribution < 1.29 is 9.18 Å². The second kappa shape index (κ2) is 6.37. The zero-order valence-corrected chi connectivity index (χ0v) is 11.3. The molecule has 2 aromatic rings. The molecule has 0 radical (unpaired) electrons. The van der Waals surface area contributed by atoms with Crippen molar-refractivity contribution in [2.75, 3.05) is 6.54 Å². The largest absolute Gasteiger partial charge is 0.340 e. The molecule has 19 heavy (non-hydrogen) atoms. The van der Waals surface area contributed by atoms with Crippen LogP contribution in [-0.2, 0) is 0 Å². The second-order valence-electron chi connectivity index (χ2n) is 3.57. The van der Waals surface area contributed by atoms with Gasteiger partial charge in [0.05, 0.1) is 21.3 Å². The highest BCUT2D eigenvalue weighted by Crippen LogP contribution is 2.20. The zero-order valence-electron chi connectivity index (χ0n) is 9.74. The van der Waals surface area contributed by atoms with Gasteiger partial charge in [-0.25, -0.2) is 4.39 Å². The SMILES string of the molecule is O=C(NCC#Cc1ccccc1F)c1ccc(Cl)s1. The molecule has 0 spiro atoms. The minimum absolute atomic E-state index is 0.155. The summed E-state index contributed by atoms with van der Waals surface area (Å²) in [6, 6.07) is 9.54. The first-order valence-corrected chi connectivity index (χ1v) is 6.63. The molecule has 96 valence electrons. The van der Waals surface area contributed by atoms with E-state index in [0.29, 0.717) is 14.8 Å². The molecular formula is C14H9ClFNOS. The number of hydrogen-bond donors (Lipinski definition) is 1. The Balaban J connectivity index is 1.91. The molecule has 0 aliphatic heterocycles. The lowest BCUT2D eigenvalue weighted by Crippen LogP contribution is -2.22. The van der Waals surface area contributed by atoms with E-state index in [1.54, 1.807) is 30.3 Å². The maximum Gasteiger partial charge on any atom is 0.262 e. The van der Waals surface area contributed by atoms with Crippen molar-refractivity contribution in [3.05, 3.63) is 57.0 Å². The predicted octanol–water partition coefficient (Wildman–Crippen LogP) is 3.32. The summed E-state index contributed by atoms with van der Waals surface area (Å²) in [6.07, 6.45) is 0. The summed E-state index contributed by atoms with van der Waals surface area (Å²) in [4.78, 5) is 12.2. The van der Waals surface area contributed by atoms with E-state index >= 15 is 0 Å². The quantitative estimate of drug-likeness (QED) is 0.846. The second-order valence-corrected chi connectivity index (χ2v) is 5.28. The molecule has 2 rings (SSSR count). The van der Waals surface area contributed by atoms with Crippen LogP contribution in [-0.4, -0.2) is 12.5 Å². The van der Waals surface area contributed by atoms with Gasteiger partial charge in [-0.05, 0) is 24.3 Å². The molecule has 1 heterocycles. The van der Waals surface area contributed by atoms with Crippen LogP contribution in [0.5, 0.6) is 0 Å². The van der Waals surface area contributed by atoms with Gasteiger partial charge in [0.2, 0.25) is 0 Å². The maximum absolute atomic E-state index is 13.2. The fourth-order valence-electron chi connectivity index (χ4n) is 1.35. The number of halogens is 2. The van der Waals surface area contributed by atoms with Crippen molar-refractivity contribution in [2.45, 2.75) is 0 Å². The third-order valence-electron chi connectivity index (χ3n) is 2.23. The average Bonchev–Trinajstić information content (AvgIpc) is 2.83. The van der Waals surface area contributed by atoms with Crippen molar-refractivity contribution in [1.82, 2.24) is 5.32 Å². The molecule has 0 aliphatic carbocycles. The zero-order chi connectivity index (χ0) is 13.7. The van der Waals surface area contributed by atoms with Gasteiger partial charge in [-0.1, -0.05) is 35.6 Å². The molecular weight excluding hydrogens is 285 g/mol. The Bertz CT molecular complexity index is 657. The molecule has 0 saturated heterocycles. The molecule has 0 aliphatic rings. The van der Waals surface area contributed by atoms with Gasteiger partial charge in [-0.2, -0.15) is 0 Å². The lowest BCUT2D eigenvalue weighted by atomic mass is 10.2. The topological polar surface area (TPSA) is 29.1 Å². The van der Waals surface area contributed by atoms with E-state index < -0.39 is 0 Å². The molecule has 1 N–H and O–H groups in total. The number of nitrogens with one attached hydrogen (secondary N) is 1. The maximum atomic E-state index is 13.2. The lowest BCUT2D eigenvalue weighted by Gasteiger charge is -1.97. The van der Waals surface area contributed by atoms with Crippen LogP contribution >= 0.6 is 22.9 Å². The molecule has 0 atom stereocenters. The Hall–Kier alpha value is -1.83. The van der Waals surface area contributed by atoms with E-state index in [1.807, 2.05) is 0 Å². The number of thiophene rings is 1. The molecule has 1 aromatic carbocycles.